The largest absolute Gasteiger partial charge is 0.336 e. The molecule has 2 aromatic rings. The normalized spacial score (nSPS) is 26.5. The van der Waals surface area contributed by atoms with Crippen molar-refractivity contribution in [2.75, 3.05) is 26.2 Å². The zero-order valence-electron chi connectivity index (χ0n) is 18.1. The van der Waals surface area contributed by atoms with Gasteiger partial charge < -0.3 is 4.90 Å². The second kappa shape index (κ2) is 7.99. The Labute approximate surface area is 184 Å². The second-order valence-corrected chi connectivity index (χ2v) is 9.80. The number of likely N-dealkylation sites (tertiary alicyclic amines) is 2. The molecule has 1 saturated carbocycles. The lowest BCUT2D eigenvalue weighted by Gasteiger charge is -2.38. The average Bonchev–Trinajstić information content (AvgIpc) is 3.56. The van der Waals surface area contributed by atoms with Crippen molar-refractivity contribution in [3.63, 3.8) is 0 Å². The standard InChI is InChI=1S/C25H31N5O/c31-25(30-15-23-10-24(30)14-29(23)22-3-1-2-4-22)16-28-8-7-19-9-18(5-6-20(19)13-28)21-11-26-17-27-12-21/h5-6,9,11-12,17,22-24H,1-4,7-8,10,13-16H2/t23-,24-/m0/s1. The van der Waals surface area contributed by atoms with E-state index in [9.17, 15) is 4.79 Å². The van der Waals surface area contributed by atoms with E-state index in [0.717, 1.165) is 44.2 Å². The van der Waals surface area contributed by atoms with Gasteiger partial charge in [0.25, 0.3) is 0 Å². The number of hydrogen-bond donors (Lipinski definition) is 0. The van der Waals surface area contributed by atoms with Crippen molar-refractivity contribution in [3.05, 3.63) is 48.0 Å². The van der Waals surface area contributed by atoms with Crippen LogP contribution in [-0.2, 0) is 17.8 Å². The topological polar surface area (TPSA) is 52.6 Å². The van der Waals surface area contributed by atoms with Gasteiger partial charge in [-0.3, -0.25) is 14.6 Å². The van der Waals surface area contributed by atoms with Gasteiger partial charge in [-0.15, -0.1) is 0 Å². The van der Waals surface area contributed by atoms with E-state index in [0.29, 0.717) is 24.5 Å². The van der Waals surface area contributed by atoms with E-state index < -0.39 is 0 Å². The van der Waals surface area contributed by atoms with Gasteiger partial charge >= 0.3 is 0 Å². The average molecular weight is 418 g/mol. The quantitative estimate of drug-likeness (QED) is 0.766. The van der Waals surface area contributed by atoms with Gasteiger partial charge in [0, 0.05) is 62.3 Å². The Balaban J connectivity index is 1.07. The summed E-state index contributed by atoms with van der Waals surface area (Å²) < 4.78 is 0. The third-order valence-electron chi connectivity index (χ3n) is 7.95. The molecule has 2 saturated heterocycles. The molecule has 2 atom stereocenters. The monoisotopic (exact) mass is 417 g/mol. The molecule has 0 unspecified atom stereocenters. The van der Waals surface area contributed by atoms with Gasteiger partial charge in [-0.1, -0.05) is 31.0 Å². The fourth-order valence-corrected chi connectivity index (χ4v) is 6.34. The highest BCUT2D eigenvalue weighted by atomic mass is 16.2. The van der Waals surface area contributed by atoms with Gasteiger partial charge in [0.2, 0.25) is 5.91 Å². The summed E-state index contributed by atoms with van der Waals surface area (Å²) in [5, 5.41) is 0. The first-order valence-corrected chi connectivity index (χ1v) is 11.9. The van der Waals surface area contributed by atoms with Crippen LogP contribution in [0, 0.1) is 0 Å². The highest BCUT2D eigenvalue weighted by Crippen LogP contribution is 2.37. The number of rotatable bonds is 4. The first-order chi connectivity index (χ1) is 15.2. The molecule has 6 heteroatoms. The van der Waals surface area contributed by atoms with Crippen LogP contribution in [-0.4, -0.2) is 74.9 Å². The van der Waals surface area contributed by atoms with Crippen LogP contribution in [0.1, 0.15) is 43.2 Å². The van der Waals surface area contributed by atoms with Crippen LogP contribution in [0.2, 0.25) is 0 Å². The zero-order chi connectivity index (χ0) is 20.8. The van der Waals surface area contributed by atoms with Crippen molar-refractivity contribution in [1.29, 1.82) is 0 Å². The zero-order valence-corrected chi connectivity index (χ0v) is 18.1. The number of amides is 1. The lowest BCUT2D eigenvalue weighted by molar-refractivity contribution is -0.135. The number of fused-ring (bicyclic) bond motifs is 3. The summed E-state index contributed by atoms with van der Waals surface area (Å²) in [6, 6.07) is 8.49. The van der Waals surface area contributed by atoms with Crippen molar-refractivity contribution >= 4 is 5.91 Å². The molecular weight excluding hydrogens is 386 g/mol. The molecule has 4 aliphatic rings. The van der Waals surface area contributed by atoms with Crippen LogP contribution in [0.15, 0.2) is 36.9 Å². The van der Waals surface area contributed by atoms with Crippen molar-refractivity contribution in [3.8, 4) is 11.1 Å². The van der Waals surface area contributed by atoms with Gasteiger partial charge in [-0.2, -0.15) is 0 Å². The Bertz CT molecular complexity index is 958. The maximum absolute atomic E-state index is 13.1. The summed E-state index contributed by atoms with van der Waals surface area (Å²) in [6.07, 6.45) is 13.0. The molecule has 1 aromatic heterocycles. The molecule has 2 bridgehead atoms. The smallest absolute Gasteiger partial charge is 0.237 e. The first kappa shape index (κ1) is 19.4. The highest BCUT2D eigenvalue weighted by Gasteiger charge is 2.47. The molecule has 0 spiro atoms. The highest BCUT2D eigenvalue weighted by molar-refractivity contribution is 5.79. The van der Waals surface area contributed by atoms with Gasteiger partial charge in [0.1, 0.15) is 6.33 Å². The molecule has 4 heterocycles. The predicted molar refractivity (Wildman–Crippen MR) is 119 cm³/mol. The molecule has 1 amide bonds. The van der Waals surface area contributed by atoms with Crippen molar-refractivity contribution in [2.24, 2.45) is 0 Å². The maximum Gasteiger partial charge on any atom is 0.237 e. The van der Waals surface area contributed by atoms with Gasteiger partial charge in [-0.05, 0) is 42.4 Å². The number of hydrogen-bond acceptors (Lipinski definition) is 5. The van der Waals surface area contributed by atoms with Crippen molar-refractivity contribution in [2.45, 2.75) is 63.2 Å². The molecular formula is C25H31N5O. The number of piperazine rings is 1. The molecule has 31 heavy (non-hydrogen) atoms. The van der Waals surface area contributed by atoms with Crippen LogP contribution in [0.4, 0.5) is 0 Å². The molecule has 6 rings (SSSR count). The van der Waals surface area contributed by atoms with Gasteiger partial charge in [0.05, 0.1) is 6.54 Å². The van der Waals surface area contributed by atoms with E-state index in [4.69, 9.17) is 0 Å². The number of carbonyl (C=O) groups excluding carboxylic acids is 1. The third kappa shape index (κ3) is 3.66. The Morgan fingerprint density at radius 3 is 2.58 bits per heavy atom. The van der Waals surface area contributed by atoms with E-state index in [1.54, 1.807) is 6.33 Å². The lowest BCUT2D eigenvalue weighted by atomic mass is 9.95. The molecule has 1 aromatic carbocycles. The molecule has 3 aliphatic heterocycles. The first-order valence-electron chi connectivity index (χ1n) is 11.9. The number of carbonyl (C=O) groups is 1. The van der Waals surface area contributed by atoms with Crippen molar-refractivity contribution < 1.29 is 4.79 Å². The number of aromatic nitrogens is 2. The Morgan fingerprint density at radius 2 is 1.81 bits per heavy atom. The van der Waals surface area contributed by atoms with Crippen LogP contribution in [0.25, 0.3) is 11.1 Å². The Morgan fingerprint density at radius 1 is 0.968 bits per heavy atom. The Kier molecular flexibility index (Phi) is 4.99. The number of nitrogens with zero attached hydrogens (tertiary/aromatic N) is 5. The SMILES string of the molecule is O=C(CN1CCc2cc(-c3cncnc3)ccc2C1)N1C[C@@H]2C[C@H]1CN2C1CCCC1. The lowest BCUT2D eigenvalue weighted by Crippen LogP contribution is -2.53. The predicted octanol–water partition coefficient (Wildman–Crippen LogP) is 2.73. The summed E-state index contributed by atoms with van der Waals surface area (Å²) in [5.41, 5.74) is 4.95. The fourth-order valence-electron chi connectivity index (χ4n) is 6.34. The summed E-state index contributed by atoms with van der Waals surface area (Å²) in [4.78, 5) is 28.7. The molecule has 1 aliphatic carbocycles. The minimum absolute atomic E-state index is 0.333. The van der Waals surface area contributed by atoms with E-state index in [1.165, 1.54) is 48.8 Å². The maximum atomic E-state index is 13.1. The van der Waals surface area contributed by atoms with E-state index in [1.807, 2.05) is 12.4 Å². The van der Waals surface area contributed by atoms with Crippen molar-refractivity contribution in [1.82, 2.24) is 24.7 Å². The molecule has 0 N–H and O–H groups in total. The van der Waals surface area contributed by atoms with Crippen LogP contribution < -0.4 is 0 Å². The van der Waals surface area contributed by atoms with Crippen LogP contribution in [0.5, 0.6) is 0 Å². The summed E-state index contributed by atoms with van der Waals surface area (Å²) in [6.45, 7) is 4.43. The fraction of sp³-hybridized carbons (Fsp3) is 0.560. The molecule has 0 radical (unpaired) electrons. The summed E-state index contributed by atoms with van der Waals surface area (Å²) in [5.74, 6) is 0.333. The minimum atomic E-state index is 0.333. The van der Waals surface area contributed by atoms with Crippen LogP contribution in [0.3, 0.4) is 0 Å². The third-order valence-corrected chi connectivity index (χ3v) is 7.95. The summed E-state index contributed by atoms with van der Waals surface area (Å²) in [7, 11) is 0. The number of benzene rings is 1. The second-order valence-electron chi connectivity index (χ2n) is 9.80. The van der Waals surface area contributed by atoms with Gasteiger partial charge in [-0.25, -0.2) is 9.97 Å². The Hall–Kier alpha value is -2.31. The molecule has 162 valence electrons. The minimum Gasteiger partial charge on any atom is -0.336 e. The van der Waals surface area contributed by atoms with E-state index in [2.05, 4.69) is 42.9 Å². The van der Waals surface area contributed by atoms with E-state index >= 15 is 0 Å². The molecule has 6 nitrogen and oxygen atoms in total. The van der Waals surface area contributed by atoms with Gasteiger partial charge in [0.15, 0.2) is 0 Å². The summed E-state index contributed by atoms with van der Waals surface area (Å²) >= 11 is 0. The van der Waals surface area contributed by atoms with Crippen LogP contribution >= 0.6 is 0 Å². The van der Waals surface area contributed by atoms with E-state index in [-0.39, 0.29) is 0 Å². The molecule has 3 fully saturated rings.